The predicted octanol–water partition coefficient (Wildman–Crippen LogP) is 4.19. The summed E-state index contributed by atoms with van der Waals surface area (Å²) in [5, 5.41) is 9.02. The van der Waals surface area contributed by atoms with E-state index in [9.17, 15) is 4.79 Å². The maximum atomic E-state index is 11.0. The lowest BCUT2D eigenvalue weighted by atomic mass is 9.83. The number of hydrogen-bond acceptors (Lipinski definition) is 3. The molecular weight excluding hydrogens is 316 g/mol. The molecule has 0 aliphatic heterocycles. The van der Waals surface area contributed by atoms with Crippen molar-refractivity contribution in [1.29, 1.82) is 0 Å². The fourth-order valence-corrected chi connectivity index (χ4v) is 3.02. The number of hydrogen-bond donors (Lipinski definition) is 1. The maximum Gasteiger partial charge on any atom is 0.306 e. The highest BCUT2D eigenvalue weighted by molar-refractivity contribution is 5.69. The smallest absolute Gasteiger partial charge is 0.306 e. The molecule has 1 N–H and O–H groups in total. The molecule has 1 aliphatic rings. The van der Waals surface area contributed by atoms with E-state index in [1.807, 2.05) is 54.6 Å². The van der Waals surface area contributed by atoms with Crippen LogP contribution in [0.1, 0.15) is 25.3 Å². The van der Waals surface area contributed by atoms with E-state index >= 15 is 0 Å². The molecule has 0 spiro atoms. The monoisotopic (exact) mass is 340 g/mol. The number of benzene rings is 2. The van der Waals surface area contributed by atoms with Crippen molar-refractivity contribution in [3.8, 4) is 11.5 Å². The van der Waals surface area contributed by atoms with Crippen LogP contribution in [0, 0.1) is 11.8 Å². The minimum atomic E-state index is -0.773. The Morgan fingerprint density at radius 1 is 1.12 bits per heavy atom. The Kier molecular flexibility index (Phi) is 5.59. The summed E-state index contributed by atoms with van der Waals surface area (Å²) in [4.78, 5) is 11.0. The fourth-order valence-electron chi connectivity index (χ4n) is 3.02. The van der Waals surface area contributed by atoms with Crippen LogP contribution >= 0.6 is 0 Å². The summed E-state index contributed by atoms with van der Waals surface area (Å²) in [7, 11) is 0. The number of carboxylic acid groups (broad SMARTS) is 1. The number of aliphatic carboxylic acids is 1. The van der Waals surface area contributed by atoms with E-state index in [2.05, 4.69) is 0 Å². The quantitative estimate of drug-likeness (QED) is 0.783. The summed E-state index contributed by atoms with van der Waals surface area (Å²) in [6, 6.07) is 17.6. The first kappa shape index (κ1) is 17.3. The van der Waals surface area contributed by atoms with Gasteiger partial charge in [-0.3, -0.25) is 4.79 Å². The van der Waals surface area contributed by atoms with Gasteiger partial charge in [-0.15, -0.1) is 0 Å². The van der Waals surface area contributed by atoms with Crippen molar-refractivity contribution in [2.45, 2.75) is 32.3 Å². The molecule has 25 heavy (non-hydrogen) atoms. The van der Waals surface area contributed by atoms with Gasteiger partial charge >= 0.3 is 5.97 Å². The van der Waals surface area contributed by atoms with Gasteiger partial charge in [-0.2, -0.15) is 0 Å². The summed E-state index contributed by atoms with van der Waals surface area (Å²) in [6.45, 7) is 2.39. The fraction of sp³-hybridized carbons (Fsp3) is 0.381. The molecular formula is C21H24O4. The van der Waals surface area contributed by atoms with Gasteiger partial charge < -0.3 is 14.6 Å². The molecule has 0 amide bonds. The Bertz CT molecular complexity index is 692. The third-order valence-electron chi connectivity index (χ3n) is 4.59. The van der Waals surface area contributed by atoms with Gasteiger partial charge in [0.1, 0.15) is 11.5 Å². The SMILES string of the molecule is CC(Cc1cccc(OCC2CC(Oc3ccccc3)C2)c1)C(=O)O. The third-order valence-corrected chi connectivity index (χ3v) is 4.59. The Balaban J connectivity index is 1.42. The van der Waals surface area contributed by atoms with E-state index in [1.54, 1.807) is 6.92 Å². The number of ether oxygens (including phenoxy) is 2. The molecule has 0 bridgehead atoms. The molecule has 1 atom stereocenters. The van der Waals surface area contributed by atoms with Crippen molar-refractivity contribution in [2.75, 3.05) is 6.61 Å². The van der Waals surface area contributed by atoms with Crippen molar-refractivity contribution in [1.82, 2.24) is 0 Å². The van der Waals surface area contributed by atoms with Gasteiger partial charge in [0.15, 0.2) is 0 Å². The molecule has 4 heteroatoms. The van der Waals surface area contributed by atoms with Crippen molar-refractivity contribution in [3.05, 3.63) is 60.2 Å². The van der Waals surface area contributed by atoms with Crippen molar-refractivity contribution >= 4 is 5.97 Å². The van der Waals surface area contributed by atoms with Gasteiger partial charge in [0, 0.05) is 0 Å². The van der Waals surface area contributed by atoms with E-state index in [1.165, 1.54) is 0 Å². The van der Waals surface area contributed by atoms with Crippen molar-refractivity contribution < 1.29 is 19.4 Å². The normalized spacial score (nSPS) is 20.4. The summed E-state index contributed by atoms with van der Waals surface area (Å²) in [6.07, 6.45) is 2.80. The Hall–Kier alpha value is -2.49. The number of carboxylic acids is 1. The molecule has 0 aromatic heterocycles. The van der Waals surface area contributed by atoms with E-state index in [-0.39, 0.29) is 6.10 Å². The van der Waals surface area contributed by atoms with E-state index in [4.69, 9.17) is 14.6 Å². The largest absolute Gasteiger partial charge is 0.493 e. The summed E-state index contributed by atoms with van der Waals surface area (Å²) in [5.41, 5.74) is 0.992. The molecule has 4 nitrogen and oxygen atoms in total. The highest BCUT2D eigenvalue weighted by Crippen LogP contribution is 2.32. The van der Waals surface area contributed by atoms with Gasteiger partial charge in [-0.1, -0.05) is 37.3 Å². The zero-order valence-electron chi connectivity index (χ0n) is 14.4. The highest BCUT2D eigenvalue weighted by atomic mass is 16.5. The molecule has 0 radical (unpaired) electrons. The Morgan fingerprint density at radius 2 is 1.84 bits per heavy atom. The zero-order valence-corrected chi connectivity index (χ0v) is 14.4. The number of rotatable bonds is 8. The number of carbonyl (C=O) groups is 1. The van der Waals surface area contributed by atoms with Crippen LogP contribution in [0.2, 0.25) is 0 Å². The minimum Gasteiger partial charge on any atom is -0.493 e. The molecule has 1 fully saturated rings. The lowest BCUT2D eigenvalue weighted by molar-refractivity contribution is -0.141. The standard InChI is InChI=1S/C21H24O4/c1-15(21(22)23)10-16-6-5-9-19(11-16)24-14-17-12-20(13-17)25-18-7-3-2-4-8-18/h2-9,11,15,17,20H,10,12-14H2,1H3,(H,22,23). The third kappa shape index (κ3) is 4.99. The van der Waals surface area contributed by atoms with Gasteiger partial charge in [-0.05, 0) is 55.0 Å². The average Bonchev–Trinajstić information content (AvgIpc) is 2.58. The van der Waals surface area contributed by atoms with E-state index in [0.29, 0.717) is 18.9 Å². The second kappa shape index (κ2) is 8.06. The van der Waals surface area contributed by atoms with Crippen LogP contribution in [0.3, 0.4) is 0 Å². The summed E-state index contributed by atoms with van der Waals surface area (Å²) in [5.74, 6) is 1.08. The first-order valence-electron chi connectivity index (χ1n) is 8.76. The molecule has 1 saturated carbocycles. The van der Waals surface area contributed by atoms with Crippen LogP contribution in [0.25, 0.3) is 0 Å². The Morgan fingerprint density at radius 3 is 2.56 bits per heavy atom. The van der Waals surface area contributed by atoms with Crippen molar-refractivity contribution in [3.63, 3.8) is 0 Å². The lowest BCUT2D eigenvalue weighted by Gasteiger charge is -2.35. The van der Waals surface area contributed by atoms with E-state index < -0.39 is 11.9 Å². The van der Waals surface area contributed by atoms with Gasteiger partial charge in [0.05, 0.1) is 18.6 Å². The molecule has 2 aromatic carbocycles. The first-order chi connectivity index (χ1) is 12.1. The van der Waals surface area contributed by atoms with Crippen LogP contribution in [0.4, 0.5) is 0 Å². The van der Waals surface area contributed by atoms with E-state index in [0.717, 1.165) is 29.9 Å². The van der Waals surface area contributed by atoms with Crippen molar-refractivity contribution in [2.24, 2.45) is 11.8 Å². The summed E-state index contributed by atoms with van der Waals surface area (Å²) < 4.78 is 11.8. The summed E-state index contributed by atoms with van der Waals surface area (Å²) >= 11 is 0. The topological polar surface area (TPSA) is 55.8 Å². The molecule has 1 aliphatic carbocycles. The molecule has 3 rings (SSSR count). The van der Waals surface area contributed by atoms with Gasteiger partial charge in [0.25, 0.3) is 0 Å². The highest BCUT2D eigenvalue weighted by Gasteiger charge is 2.31. The second-order valence-electron chi connectivity index (χ2n) is 6.79. The molecule has 2 aromatic rings. The Labute approximate surface area is 148 Å². The van der Waals surface area contributed by atoms with Gasteiger partial charge in [-0.25, -0.2) is 0 Å². The van der Waals surface area contributed by atoms with Crippen LogP contribution in [-0.2, 0) is 11.2 Å². The second-order valence-corrected chi connectivity index (χ2v) is 6.79. The van der Waals surface area contributed by atoms with Crippen LogP contribution in [0.15, 0.2) is 54.6 Å². The first-order valence-corrected chi connectivity index (χ1v) is 8.76. The van der Waals surface area contributed by atoms with Gasteiger partial charge in [0.2, 0.25) is 0 Å². The van der Waals surface area contributed by atoms with Crippen LogP contribution < -0.4 is 9.47 Å². The minimum absolute atomic E-state index is 0.277. The zero-order chi connectivity index (χ0) is 17.6. The molecule has 0 saturated heterocycles. The molecule has 0 heterocycles. The maximum absolute atomic E-state index is 11.0. The molecule has 1 unspecified atom stereocenters. The molecule has 132 valence electrons. The van der Waals surface area contributed by atoms with Crippen LogP contribution in [0.5, 0.6) is 11.5 Å². The van der Waals surface area contributed by atoms with Crippen LogP contribution in [-0.4, -0.2) is 23.8 Å². The lowest BCUT2D eigenvalue weighted by Crippen LogP contribution is -2.36. The predicted molar refractivity (Wildman–Crippen MR) is 96.0 cm³/mol. The average molecular weight is 340 g/mol. The number of para-hydroxylation sites is 1.